The van der Waals surface area contributed by atoms with Gasteiger partial charge >= 0.3 is 0 Å². The summed E-state index contributed by atoms with van der Waals surface area (Å²) in [5, 5.41) is 9.23. The number of halogens is 1. The molecule has 0 saturated heterocycles. The minimum Gasteiger partial charge on any atom is -0.496 e. The van der Waals surface area contributed by atoms with Gasteiger partial charge in [-0.2, -0.15) is 0 Å². The summed E-state index contributed by atoms with van der Waals surface area (Å²) in [5.74, 6) is 0.501. The third-order valence-electron chi connectivity index (χ3n) is 3.76. The van der Waals surface area contributed by atoms with E-state index in [0.717, 1.165) is 30.2 Å². The van der Waals surface area contributed by atoms with Crippen LogP contribution in [0.5, 0.6) is 5.75 Å². The van der Waals surface area contributed by atoms with Crippen molar-refractivity contribution in [3.8, 4) is 5.75 Å². The maximum absolute atomic E-state index is 12.7. The second kappa shape index (κ2) is 7.09. The number of benzene rings is 1. The van der Waals surface area contributed by atoms with Crippen molar-refractivity contribution in [3.05, 3.63) is 28.2 Å². The highest BCUT2D eigenvalue weighted by Crippen LogP contribution is 2.29. The highest BCUT2D eigenvalue weighted by molar-refractivity contribution is 9.10. The van der Waals surface area contributed by atoms with Crippen LogP contribution in [0.25, 0.3) is 0 Å². The van der Waals surface area contributed by atoms with Gasteiger partial charge in [0.25, 0.3) is 5.91 Å². The first-order valence-electron chi connectivity index (χ1n) is 6.92. The van der Waals surface area contributed by atoms with Crippen molar-refractivity contribution in [1.29, 1.82) is 0 Å². The van der Waals surface area contributed by atoms with E-state index in [-0.39, 0.29) is 18.6 Å². The number of aliphatic hydroxyl groups is 1. The summed E-state index contributed by atoms with van der Waals surface area (Å²) in [6, 6.07) is 5.63. The molecule has 1 fully saturated rings. The van der Waals surface area contributed by atoms with E-state index in [2.05, 4.69) is 15.9 Å². The summed E-state index contributed by atoms with van der Waals surface area (Å²) in [5.41, 5.74) is 0.552. The normalized spacial score (nSPS) is 15.3. The fraction of sp³-hybridized carbons (Fsp3) is 0.533. The average Bonchev–Trinajstić information content (AvgIpc) is 2.97. The molecule has 0 heterocycles. The average molecular weight is 342 g/mol. The Bertz CT molecular complexity index is 472. The molecule has 2 rings (SSSR count). The Kier molecular flexibility index (Phi) is 5.43. The number of hydrogen-bond acceptors (Lipinski definition) is 3. The van der Waals surface area contributed by atoms with Crippen LogP contribution in [0.1, 0.15) is 36.0 Å². The Morgan fingerprint density at radius 1 is 1.45 bits per heavy atom. The molecule has 20 heavy (non-hydrogen) atoms. The lowest BCUT2D eigenvalue weighted by Crippen LogP contribution is -2.40. The topological polar surface area (TPSA) is 49.8 Å². The second-order valence-electron chi connectivity index (χ2n) is 5.01. The Morgan fingerprint density at radius 3 is 2.75 bits per heavy atom. The molecule has 5 heteroatoms. The van der Waals surface area contributed by atoms with E-state index in [1.165, 1.54) is 0 Å². The molecule has 1 aromatic carbocycles. The second-order valence-corrected chi connectivity index (χ2v) is 5.92. The number of aliphatic hydroxyl groups excluding tert-OH is 1. The number of ether oxygens (including phenoxy) is 1. The van der Waals surface area contributed by atoms with Crippen LogP contribution in [-0.4, -0.2) is 42.2 Å². The SMILES string of the molecule is COc1cc(Br)ccc1C(=O)N(CCO)C1CCCC1. The molecule has 1 aromatic rings. The van der Waals surface area contributed by atoms with Gasteiger partial charge in [-0.25, -0.2) is 0 Å². The molecule has 0 aliphatic heterocycles. The zero-order valence-corrected chi connectivity index (χ0v) is 13.2. The number of methoxy groups -OCH3 is 1. The summed E-state index contributed by atoms with van der Waals surface area (Å²) >= 11 is 3.38. The largest absolute Gasteiger partial charge is 0.496 e. The summed E-state index contributed by atoms with van der Waals surface area (Å²) in [6.45, 7) is 0.365. The van der Waals surface area contributed by atoms with Crippen LogP contribution in [0.2, 0.25) is 0 Å². The van der Waals surface area contributed by atoms with Gasteiger partial charge in [0.2, 0.25) is 0 Å². The molecule has 0 bridgehead atoms. The summed E-state index contributed by atoms with van der Waals surface area (Å²) < 4.78 is 6.17. The number of carbonyl (C=O) groups excluding carboxylic acids is 1. The van der Waals surface area contributed by atoms with E-state index >= 15 is 0 Å². The lowest BCUT2D eigenvalue weighted by Gasteiger charge is -2.29. The minimum atomic E-state index is -0.0599. The highest BCUT2D eigenvalue weighted by atomic mass is 79.9. The van der Waals surface area contributed by atoms with Gasteiger partial charge in [-0.05, 0) is 31.0 Å². The van der Waals surface area contributed by atoms with Gasteiger partial charge in [-0.3, -0.25) is 4.79 Å². The zero-order valence-electron chi connectivity index (χ0n) is 11.6. The van der Waals surface area contributed by atoms with E-state index in [9.17, 15) is 9.90 Å². The number of amides is 1. The highest BCUT2D eigenvalue weighted by Gasteiger charge is 2.28. The predicted molar refractivity (Wildman–Crippen MR) is 81.1 cm³/mol. The zero-order chi connectivity index (χ0) is 14.5. The summed E-state index contributed by atoms with van der Waals surface area (Å²) in [4.78, 5) is 14.5. The maximum atomic E-state index is 12.7. The molecule has 0 radical (unpaired) electrons. The molecule has 110 valence electrons. The van der Waals surface area contributed by atoms with Crippen LogP contribution in [0.3, 0.4) is 0 Å². The van der Waals surface area contributed by atoms with Crippen LogP contribution < -0.4 is 4.74 Å². The Balaban J connectivity index is 2.26. The fourth-order valence-corrected chi connectivity index (χ4v) is 3.11. The first-order valence-corrected chi connectivity index (χ1v) is 7.72. The first kappa shape index (κ1) is 15.3. The van der Waals surface area contributed by atoms with E-state index in [1.54, 1.807) is 24.1 Å². The van der Waals surface area contributed by atoms with Gasteiger partial charge in [0.15, 0.2) is 0 Å². The molecule has 1 aliphatic rings. The molecule has 1 N–H and O–H groups in total. The Morgan fingerprint density at radius 2 is 2.15 bits per heavy atom. The maximum Gasteiger partial charge on any atom is 0.257 e. The monoisotopic (exact) mass is 341 g/mol. The summed E-state index contributed by atoms with van der Waals surface area (Å²) in [7, 11) is 1.56. The van der Waals surface area contributed by atoms with Gasteiger partial charge in [-0.15, -0.1) is 0 Å². The molecule has 0 aromatic heterocycles. The first-order chi connectivity index (χ1) is 9.67. The van der Waals surface area contributed by atoms with E-state index in [0.29, 0.717) is 17.9 Å². The molecule has 1 aliphatic carbocycles. The molecule has 0 spiro atoms. The number of rotatable bonds is 5. The molecular formula is C15H20BrNO3. The third-order valence-corrected chi connectivity index (χ3v) is 4.25. The van der Waals surface area contributed by atoms with Crippen LogP contribution >= 0.6 is 15.9 Å². The fourth-order valence-electron chi connectivity index (χ4n) is 2.77. The molecular weight excluding hydrogens is 322 g/mol. The van der Waals surface area contributed by atoms with Crippen molar-refractivity contribution >= 4 is 21.8 Å². The van der Waals surface area contributed by atoms with Crippen molar-refractivity contribution in [2.45, 2.75) is 31.7 Å². The van der Waals surface area contributed by atoms with Crippen molar-refractivity contribution in [1.82, 2.24) is 4.90 Å². The quantitative estimate of drug-likeness (QED) is 0.895. The summed E-state index contributed by atoms with van der Waals surface area (Å²) in [6.07, 6.45) is 4.34. The van der Waals surface area contributed by atoms with E-state index < -0.39 is 0 Å². The van der Waals surface area contributed by atoms with Crippen LogP contribution in [0.15, 0.2) is 22.7 Å². The van der Waals surface area contributed by atoms with Gasteiger partial charge in [-0.1, -0.05) is 28.8 Å². The van der Waals surface area contributed by atoms with Gasteiger partial charge in [0.05, 0.1) is 19.3 Å². The Labute approximate surface area is 127 Å². The number of carbonyl (C=O) groups is 1. The predicted octanol–water partition coefficient (Wildman–Crippen LogP) is 2.83. The van der Waals surface area contributed by atoms with Crippen LogP contribution in [-0.2, 0) is 0 Å². The smallest absolute Gasteiger partial charge is 0.257 e. The van der Waals surface area contributed by atoms with E-state index in [4.69, 9.17) is 4.74 Å². The molecule has 1 saturated carbocycles. The van der Waals surface area contributed by atoms with Gasteiger partial charge in [0.1, 0.15) is 5.75 Å². The lowest BCUT2D eigenvalue weighted by molar-refractivity contribution is 0.0634. The van der Waals surface area contributed by atoms with Crippen molar-refractivity contribution in [2.75, 3.05) is 20.3 Å². The van der Waals surface area contributed by atoms with Crippen molar-refractivity contribution in [2.24, 2.45) is 0 Å². The Hall–Kier alpha value is -1.07. The third kappa shape index (κ3) is 3.33. The van der Waals surface area contributed by atoms with Crippen molar-refractivity contribution in [3.63, 3.8) is 0 Å². The molecule has 4 nitrogen and oxygen atoms in total. The van der Waals surface area contributed by atoms with Crippen LogP contribution in [0.4, 0.5) is 0 Å². The molecule has 1 amide bonds. The standard InChI is InChI=1S/C15H20BrNO3/c1-20-14-10-11(16)6-7-13(14)15(19)17(8-9-18)12-4-2-3-5-12/h6-7,10,12,18H,2-5,8-9H2,1H3. The van der Waals surface area contributed by atoms with Gasteiger partial charge in [0, 0.05) is 17.1 Å². The lowest BCUT2D eigenvalue weighted by atomic mass is 10.1. The minimum absolute atomic E-state index is 0.0128. The van der Waals surface area contributed by atoms with E-state index in [1.807, 2.05) is 6.07 Å². The van der Waals surface area contributed by atoms with Gasteiger partial charge < -0.3 is 14.7 Å². The molecule has 0 atom stereocenters. The number of hydrogen-bond donors (Lipinski definition) is 1. The molecule has 0 unspecified atom stereocenters. The van der Waals surface area contributed by atoms with Crippen molar-refractivity contribution < 1.29 is 14.6 Å². The van der Waals surface area contributed by atoms with Crippen LogP contribution in [0, 0.1) is 0 Å². The number of nitrogens with zero attached hydrogens (tertiary/aromatic N) is 1.